The molecule has 0 spiro atoms. The number of ketones is 1. The van der Waals surface area contributed by atoms with Crippen molar-refractivity contribution in [2.24, 2.45) is 5.73 Å². The Labute approximate surface area is 441 Å². The molecule has 3 aromatic carbocycles. The first kappa shape index (κ1) is 62.7. The molecule has 0 aliphatic rings. The van der Waals surface area contributed by atoms with Crippen molar-refractivity contribution in [3.63, 3.8) is 0 Å². The van der Waals surface area contributed by atoms with E-state index in [1.54, 1.807) is 42.9 Å². The second-order valence-corrected chi connectivity index (χ2v) is 13.1. The van der Waals surface area contributed by atoms with Crippen LogP contribution in [0.3, 0.4) is 0 Å². The number of pyridine rings is 4. The molecule has 0 amide bonds. The van der Waals surface area contributed by atoms with Crippen molar-refractivity contribution in [1.29, 1.82) is 10.5 Å². The SMILES string of the molecule is C.C.N#Cc1ccc(Cl)cn1.N#Cc1ccc(OCc2ccccc2)cn1.NCc1ccc(OCc2ccccc2)cn1.O=C(CO)CCc1ccc(OCc2ccccc2)cn1.[Al].[H-].[H-].[Li+].[Na+]. The summed E-state index contributed by atoms with van der Waals surface area (Å²) in [6, 6.07) is 47.7. The standard InChI is InChI=1S/C16H17NO3.C13H14N2O.C13H10N2O.C6H3ClN2.2CH4.Al.Li.Na.2H/c18-11-15(19)8-6-14-7-9-16(10-17-14)20-12-13-4-2-1-3-5-13;2*14-8-12-6-7-13(9-15-12)16-10-11-4-2-1-3-5-11;7-5-1-2-6(3-8)9-4-5;;;;;;;/h1-5,7,9-10,18H,6,8,11-12H2;1-7,9H,8,10,14H2;1-7,9H,10H2;1-2,4H;2*1H4;;;;;/q;;;;;;;2*+1;2*-1. The van der Waals surface area contributed by atoms with Crippen LogP contribution >= 0.6 is 11.6 Å². The first-order valence-corrected chi connectivity index (χ1v) is 19.4. The summed E-state index contributed by atoms with van der Waals surface area (Å²) in [6.07, 6.45) is 7.21. The van der Waals surface area contributed by atoms with Gasteiger partial charge < -0.3 is 27.9 Å². The number of nitrogens with zero attached hydrogens (tertiary/aromatic N) is 6. The van der Waals surface area contributed by atoms with Crippen LogP contribution in [0.1, 0.15) is 63.6 Å². The van der Waals surface area contributed by atoms with Crippen molar-refractivity contribution in [3.8, 4) is 29.4 Å². The van der Waals surface area contributed by atoms with Crippen LogP contribution in [0.4, 0.5) is 0 Å². The van der Waals surface area contributed by atoms with E-state index in [9.17, 15) is 4.79 Å². The Morgan fingerprint density at radius 3 is 1.29 bits per heavy atom. The van der Waals surface area contributed by atoms with E-state index in [0.29, 0.717) is 67.1 Å². The van der Waals surface area contributed by atoms with E-state index in [2.05, 4.69) is 19.9 Å². The zero-order valence-electron chi connectivity index (χ0n) is 37.8. The summed E-state index contributed by atoms with van der Waals surface area (Å²) in [4.78, 5) is 27.0. The summed E-state index contributed by atoms with van der Waals surface area (Å²) in [5, 5.41) is 26.1. The van der Waals surface area contributed by atoms with Crippen LogP contribution in [0.15, 0.2) is 164 Å². The van der Waals surface area contributed by atoms with Crippen molar-refractivity contribution in [2.45, 2.75) is 54.1 Å². The Bertz CT molecular complexity index is 2400. The number of halogens is 1. The van der Waals surface area contributed by atoms with E-state index in [0.717, 1.165) is 33.8 Å². The van der Waals surface area contributed by atoms with Gasteiger partial charge in [-0.3, -0.25) is 14.8 Å². The number of aryl methyl sites for hydroxylation is 1. The second-order valence-electron chi connectivity index (χ2n) is 12.7. The fourth-order valence-electron chi connectivity index (χ4n) is 4.80. The maximum Gasteiger partial charge on any atom is 1.00 e. The summed E-state index contributed by atoms with van der Waals surface area (Å²) in [7, 11) is 0. The molecule has 0 saturated carbocycles. The number of ether oxygens (including phenoxy) is 3. The van der Waals surface area contributed by atoms with E-state index in [-0.39, 0.29) is 89.3 Å². The van der Waals surface area contributed by atoms with Crippen molar-refractivity contribution in [2.75, 3.05) is 6.61 Å². The van der Waals surface area contributed by atoms with Crippen molar-refractivity contribution >= 4 is 34.7 Å². The minimum absolute atomic E-state index is 0. The zero-order valence-corrected chi connectivity index (χ0v) is 39.7. The number of hydrogen-bond acceptors (Lipinski definition) is 12. The Morgan fingerprint density at radius 1 is 0.591 bits per heavy atom. The maximum absolute atomic E-state index is 11.0. The number of aromatic nitrogens is 4. The molecule has 3 radical (unpaired) electrons. The predicted molar refractivity (Wildman–Crippen MR) is 253 cm³/mol. The van der Waals surface area contributed by atoms with Gasteiger partial charge in [-0.1, -0.05) is 117 Å². The van der Waals surface area contributed by atoms with Gasteiger partial charge in [-0.15, -0.1) is 0 Å². The summed E-state index contributed by atoms with van der Waals surface area (Å²) in [6.45, 7) is 1.63. The van der Waals surface area contributed by atoms with Crippen LogP contribution < -0.4 is 68.4 Å². The van der Waals surface area contributed by atoms with Crippen LogP contribution in [0.2, 0.25) is 5.02 Å². The molecule has 0 bridgehead atoms. The van der Waals surface area contributed by atoms with E-state index in [4.69, 9.17) is 47.2 Å². The first-order chi connectivity index (χ1) is 29.9. The molecule has 16 heteroatoms. The number of hydrogen-bond donors (Lipinski definition) is 2. The number of nitrogens with two attached hydrogens (primary N) is 1. The van der Waals surface area contributed by atoms with E-state index < -0.39 is 6.61 Å². The molecule has 3 N–H and O–H groups in total. The Hall–Kier alpha value is -5.35. The number of nitriles is 2. The quantitative estimate of drug-likeness (QED) is 0.151. The van der Waals surface area contributed by atoms with Crippen molar-refractivity contribution in [1.82, 2.24) is 19.9 Å². The Kier molecular flexibility index (Phi) is 36.0. The average Bonchev–Trinajstić information content (AvgIpc) is 3.33. The fraction of sp³-hybridized carbons (Fsp3) is 0.180. The smallest absolute Gasteiger partial charge is 1.00 e. The number of aliphatic hydroxyl groups excluding tert-OH is 1. The van der Waals surface area contributed by atoms with Crippen molar-refractivity contribution in [3.05, 3.63) is 209 Å². The fourth-order valence-corrected chi connectivity index (χ4v) is 4.92. The van der Waals surface area contributed by atoms with Crippen LogP contribution in [-0.4, -0.2) is 54.8 Å². The number of carbonyl (C=O) groups excluding carboxylic acids is 1. The number of benzene rings is 3. The number of aliphatic hydroxyl groups is 1. The molecule has 12 nitrogen and oxygen atoms in total. The molecule has 0 saturated heterocycles. The number of Topliss-reactive ketones (excluding diaryl/α,β-unsaturated/α-hetero) is 1. The zero-order chi connectivity index (χ0) is 43.3. The summed E-state index contributed by atoms with van der Waals surface area (Å²) < 4.78 is 16.7. The molecule has 7 aromatic rings. The van der Waals surface area contributed by atoms with Gasteiger partial charge in [0, 0.05) is 42.2 Å². The van der Waals surface area contributed by atoms with Crippen LogP contribution in [-0.2, 0) is 37.6 Å². The molecule has 331 valence electrons. The monoisotopic (exact) mass is 924 g/mol. The topological polar surface area (TPSA) is 190 Å². The predicted octanol–water partition coefficient (Wildman–Crippen LogP) is 3.54. The molecule has 4 aromatic heterocycles. The van der Waals surface area contributed by atoms with Gasteiger partial charge in [0.2, 0.25) is 0 Å². The van der Waals surface area contributed by atoms with Crippen molar-refractivity contribution < 1.29 is 75.4 Å². The molecule has 0 aliphatic heterocycles. The summed E-state index contributed by atoms with van der Waals surface area (Å²) in [5.41, 5.74) is 11.3. The Balaban J connectivity index is -0.000000398. The van der Waals surface area contributed by atoms with Gasteiger partial charge in [0.1, 0.15) is 67.2 Å². The molecule has 0 unspecified atom stereocenters. The van der Waals surface area contributed by atoms with Gasteiger partial charge >= 0.3 is 48.4 Å². The molecular weight excluding hydrogens is 871 g/mol. The minimum Gasteiger partial charge on any atom is -1.00 e. The molecule has 4 heterocycles. The normalized spacial score (nSPS) is 8.98. The molecule has 7 rings (SSSR count). The van der Waals surface area contributed by atoms with Gasteiger partial charge in [-0.25, -0.2) is 9.97 Å². The largest absolute Gasteiger partial charge is 1.00 e. The number of carbonyl (C=O) groups is 1. The molecule has 0 aliphatic carbocycles. The minimum atomic E-state index is -0.404. The molecule has 0 fully saturated rings. The van der Waals surface area contributed by atoms with Crippen LogP contribution in [0, 0.1) is 22.7 Å². The summed E-state index contributed by atoms with van der Waals surface area (Å²) >= 11 is 5.50. The second kappa shape index (κ2) is 37.8. The molecule has 66 heavy (non-hydrogen) atoms. The van der Waals surface area contributed by atoms with Gasteiger partial charge in [0.05, 0.1) is 29.3 Å². The third-order valence-corrected chi connectivity index (χ3v) is 8.30. The Morgan fingerprint density at radius 2 is 0.970 bits per heavy atom. The molecule has 0 atom stereocenters. The maximum atomic E-state index is 11.0. The van der Waals surface area contributed by atoms with Gasteiger partial charge in [-0.05, 0) is 71.6 Å². The van der Waals surface area contributed by atoms with Gasteiger partial charge in [0.25, 0.3) is 0 Å². The summed E-state index contributed by atoms with van der Waals surface area (Å²) in [5.74, 6) is 1.96. The first-order valence-electron chi connectivity index (χ1n) is 19.0. The third kappa shape index (κ3) is 26.0. The van der Waals surface area contributed by atoms with Crippen LogP contribution in [0.5, 0.6) is 17.2 Å². The van der Waals surface area contributed by atoms with E-state index in [1.165, 1.54) is 6.20 Å². The van der Waals surface area contributed by atoms with Gasteiger partial charge in [-0.2, -0.15) is 10.5 Å². The number of rotatable bonds is 14. The third-order valence-electron chi connectivity index (χ3n) is 8.08. The van der Waals surface area contributed by atoms with Crippen LogP contribution in [0.25, 0.3) is 0 Å². The molecular formula is C50H54AlClLiN7NaO5. The van der Waals surface area contributed by atoms with E-state index in [1.807, 2.05) is 127 Å². The average molecular weight is 925 g/mol. The van der Waals surface area contributed by atoms with Gasteiger partial charge in [0.15, 0.2) is 5.78 Å². The van der Waals surface area contributed by atoms with E-state index >= 15 is 0 Å².